The van der Waals surface area contributed by atoms with Crippen LogP contribution in [-0.2, 0) is 14.6 Å². The number of imide groups is 1. The molecule has 0 radical (unpaired) electrons. The van der Waals surface area contributed by atoms with Crippen LogP contribution in [0.15, 0.2) is 53.4 Å². The van der Waals surface area contributed by atoms with Gasteiger partial charge in [-0.05, 0) is 55.7 Å². The number of nitrogens with zero attached hydrogens (tertiary/aromatic N) is 2. The molecule has 0 aromatic heterocycles. The SMILES string of the molecule is CCS(=O)(=O)c1ccc(N2CCC(NC(=O)CCCN3C(=O)c4ccccc4C3=O)CC2)cc1. The normalized spacial score (nSPS) is 16.6. The summed E-state index contributed by atoms with van der Waals surface area (Å²) < 4.78 is 24.0. The topological polar surface area (TPSA) is 104 Å². The van der Waals surface area contributed by atoms with Gasteiger partial charge in [0.15, 0.2) is 9.84 Å². The van der Waals surface area contributed by atoms with Gasteiger partial charge in [-0.25, -0.2) is 8.42 Å². The van der Waals surface area contributed by atoms with E-state index in [-0.39, 0.29) is 42.5 Å². The van der Waals surface area contributed by atoms with Crippen LogP contribution in [0, 0.1) is 0 Å². The first-order valence-corrected chi connectivity index (χ1v) is 13.3. The van der Waals surface area contributed by atoms with Crippen LogP contribution in [0.3, 0.4) is 0 Å². The van der Waals surface area contributed by atoms with Crippen molar-refractivity contribution in [3.05, 3.63) is 59.7 Å². The highest BCUT2D eigenvalue weighted by molar-refractivity contribution is 7.91. The second-order valence-electron chi connectivity index (χ2n) is 8.64. The van der Waals surface area contributed by atoms with Gasteiger partial charge in [0, 0.05) is 37.8 Å². The fourth-order valence-corrected chi connectivity index (χ4v) is 5.34. The lowest BCUT2D eigenvalue weighted by molar-refractivity contribution is -0.122. The minimum atomic E-state index is -3.21. The first-order valence-electron chi connectivity index (χ1n) is 11.6. The minimum absolute atomic E-state index is 0.0720. The Kier molecular flexibility index (Phi) is 7.02. The summed E-state index contributed by atoms with van der Waals surface area (Å²) in [6.45, 7) is 3.38. The van der Waals surface area contributed by atoms with Gasteiger partial charge in [0.05, 0.1) is 21.8 Å². The number of nitrogens with one attached hydrogen (secondary N) is 1. The monoisotopic (exact) mass is 483 g/mol. The average molecular weight is 484 g/mol. The van der Waals surface area contributed by atoms with E-state index in [2.05, 4.69) is 10.2 Å². The first kappa shape index (κ1) is 23.9. The zero-order valence-electron chi connectivity index (χ0n) is 19.2. The van der Waals surface area contributed by atoms with E-state index in [4.69, 9.17) is 0 Å². The van der Waals surface area contributed by atoms with Crippen molar-refractivity contribution in [2.24, 2.45) is 0 Å². The van der Waals surface area contributed by atoms with Crippen molar-refractivity contribution in [3.8, 4) is 0 Å². The van der Waals surface area contributed by atoms with Gasteiger partial charge in [-0.3, -0.25) is 19.3 Å². The predicted molar refractivity (Wildman–Crippen MR) is 129 cm³/mol. The van der Waals surface area contributed by atoms with Crippen LogP contribution in [-0.4, -0.2) is 62.5 Å². The number of sulfone groups is 1. The van der Waals surface area contributed by atoms with Crippen LogP contribution in [0.5, 0.6) is 0 Å². The van der Waals surface area contributed by atoms with Crippen LogP contribution < -0.4 is 10.2 Å². The Morgan fingerprint density at radius 3 is 2.12 bits per heavy atom. The average Bonchev–Trinajstić information content (AvgIpc) is 3.09. The van der Waals surface area contributed by atoms with Gasteiger partial charge in [-0.2, -0.15) is 0 Å². The lowest BCUT2D eigenvalue weighted by atomic mass is 10.0. The smallest absolute Gasteiger partial charge is 0.261 e. The highest BCUT2D eigenvalue weighted by atomic mass is 32.2. The summed E-state index contributed by atoms with van der Waals surface area (Å²) in [6, 6.07) is 13.8. The molecule has 1 saturated heterocycles. The van der Waals surface area contributed by atoms with E-state index in [1.165, 1.54) is 4.90 Å². The maximum absolute atomic E-state index is 12.4. The number of carbonyl (C=O) groups excluding carboxylic acids is 3. The number of hydrogen-bond acceptors (Lipinski definition) is 6. The summed E-state index contributed by atoms with van der Waals surface area (Å²) >= 11 is 0. The Hall–Kier alpha value is -3.20. The molecular formula is C25H29N3O5S. The summed E-state index contributed by atoms with van der Waals surface area (Å²) in [5, 5.41) is 3.06. The second kappa shape index (κ2) is 9.97. The third-order valence-corrected chi connectivity index (χ3v) is 8.22. The molecule has 9 heteroatoms. The van der Waals surface area contributed by atoms with Crippen molar-refractivity contribution in [3.63, 3.8) is 0 Å². The zero-order valence-corrected chi connectivity index (χ0v) is 20.0. The van der Waals surface area contributed by atoms with Gasteiger partial charge in [0.2, 0.25) is 5.91 Å². The van der Waals surface area contributed by atoms with Gasteiger partial charge in [-0.1, -0.05) is 19.1 Å². The van der Waals surface area contributed by atoms with Crippen LogP contribution in [0.25, 0.3) is 0 Å². The Labute approximate surface area is 199 Å². The molecule has 0 spiro atoms. The maximum atomic E-state index is 12.4. The van der Waals surface area contributed by atoms with Crippen molar-refractivity contribution in [2.75, 3.05) is 30.3 Å². The lowest BCUT2D eigenvalue weighted by Crippen LogP contribution is -2.44. The quantitative estimate of drug-likeness (QED) is 0.579. The fraction of sp³-hybridized carbons (Fsp3) is 0.400. The number of rotatable bonds is 8. The molecule has 2 heterocycles. The minimum Gasteiger partial charge on any atom is -0.371 e. The summed E-state index contributed by atoms with van der Waals surface area (Å²) in [4.78, 5) is 40.9. The third kappa shape index (κ3) is 4.99. The Bertz CT molecular complexity index is 1150. The molecule has 0 unspecified atom stereocenters. The second-order valence-corrected chi connectivity index (χ2v) is 10.9. The van der Waals surface area contributed by atoms with E-state index in [1.807, 2.05) is 12.1 Å². The van der Waals surface area contributed by atoms with Crippen LogP contribution in [0.1, 0.15) is 53.3 Å². The molecule has 0 aliphatic carbocycles. The molecule has 1 fully saturated rings. The fourth-order valence-electron chi connectivity index (χ4n) is 4.45. The van der Waals surface area contributed by atoms with Gasteiger partial charge in [-0.15, -0.1) is 0 Å². The highest BCUT2D eigenvalue weighted by Gasteiger charge is 2.34. The van der Waals surface area contributed by atoms with E-state index in [0.29, 0.717) is 22.4 Å². The van der Waals surface area contributed by atoms with E-state index in [9.17, 15) is 22.8 Å². The van der Waals surface area contributed by atoms with Crippen LogP contribution in [0.4, 0.5) is 5.69 Å². The number of benzene rings is 2. The molecule has 1 N–H and O–H groups in total. The number of amides is 3. The molecule has 2 aromatic rings. The molecule has 2 aromatic carbocycles. The van der Waals surface area contributed by atoms with Gasteiger partial charge in [0.1, 0.15) is 0 Å². The van der Waals surface area contributed by atoms with E-state index < -0.39 is 9.84 Å². The molecule has 0 atom stereocenters. The zero-order chi connectivity index (χ0) is 24.3. The van der Waals surface area contributed by atoms with Crippen molar-refractivity contribution in [2.45, 2.75) is 43.5 Å². The molecule has 8 nitrogen and oxygen atoms in total. The van der Waals surface area contributed by atoms with E-state index >= 15 is 0 Å². The maximum Gasteiger partial charge on any atom is 0.261 e. The molecule has 0 bridgehead atoms. The van der Waals surface area contributed by atoms with E-state index in [0.717, 1.165) is 31.6 Å². The van der Waals surface area contributed by atoms with Crippen LogP contribution >= 0.6 is 0 Å². The first-order chi connectivity index (χ1) is 16.3. The molecule has 34 heavy (non-hydrogen) atoms. The lowest BCUT2D eigenvalue weighted by Gasteiger charge is -2.34. The Morgan fingerprint density at radius 1 is 0.971 bits per heavy atom. The molecule has 2 aliphatic rings. The standard InChI is InChI=1S/C25H29N3O5S/c1-2-34(32,33)20-11-9-19(10-12-20)27-16-13-18(14-17-27)26-23(29)8-5-15-28-24(30)21-6-3-4-7-22(21)25(28)31/h3-4,6-7,9-12,18H,2,5,8,13-17H2,1H3,(H,26,29). The molecule has 2 aliphatic heterocycles. The number of anilines is 1. The van der Waals surface area contributed by atoms with Gasteiger partial charge in [0.25, 0.3) is 11.8 Å². The molecule has 0 saturated carbocycles. The number of fused-ring (bicyclic) bond motifs is 1. The van der Waals surface area contributed by atoms with Crippen molar-refractivity contribution in [1.29, 1.82) is 0 Å². The van der Waals surface area contributed by atoms with E-state index in [1.54, 1.807) is 43.3 Å². The number of piperidine rings is 1. The molecular weight excluding hydrogens is 454 g/mol. The number of hydrogen-bond donors (Lipinski definition) is 1. The molecule has 180 valence electrons. The van der Waals surface area contributed by atoms with Gasteiger partial charge < -0.3 is 10.2 Å². The predicted octanol–water partition coefficient (Wildman–Crippen LogP) is 2.64. The van der Waals surface area contributed by atoms with Crippen molar-refractivity contribution >= 4 is 33.2 Å². The van der Waals surface area contributed by atoms with Crippen molar-refractivity contribution in [1.82, 2.24) is 10.2 Å². The summed E-state index contributed by atoms with van der Waals surface area (Å²) in [7, 11) is -3.21. The summed E-state index contributed by atoms with van der Waals surface area (Å²) in [5.74, 6) is -0.595. The largest absolute Gasteiger partial charge is 0.371 e. The molecule has 4 rings (SSSR count). The summed E-state index contributed by atoms with van der Waals surface area (Å²) in [5.41, 5.74) is 1.82. The van der Waals surface area contributed by atoms with Gasteiger partial charge >= 0.3 is 0 Å². The Morgan fingerprint density at radius 2 is 1.56 bits per heavy atom. The highest BCUT2D eigenvalue weighted by Crippen LogP contribution is 2.24. The Balaban J connectivity index is 1.20. The van der Waals surface area contributed by atoms with Crippen LogP contribution in [0.2, 0.25) is 0 Å². The third-order valence-electron chi connectivity index (χ3n) is 6.46. The molecule has 3 amide bonds. The summed E-state index contributed by atoms with van der Waals surface area (Å²) in [6.07, 6.45) is 2.25. The number of carbonyl (C=O) groups is 3. The van der Waals surface area contributed by atoms with Crippen molar-refractivity contribution < 1.29 is 22.8 Å².